The zero-order valence-corrected chi connectivity index (χ0v) is 58.5. The second kappa shape index (κ2) is 48.5. The van der Waals surface area contributed by atoms with Gasteiger partial charge < -0.3 is 66.7 Å². The number of hydrogen-bond acceptors (Lipinski definition) is 24. The third-order valence-corrected chi connectivity index (χ3v) is 8.18. The number of nitrogens with zero attached hydrogens (tertiary/aromatic N) is 8. The fraction of sp³-hybridized carbons (Fsp3) is 0.400. The topological polar surface area (TPSA) is 432 Å². The first-order valence-corrected chi connectivity index (χ1v) is 20.0. The molecule has 396 valence electrons. The van der Waals surface area contributed by atoms with E-state index in [-0.39, 0.29) is 292 Å². The number of rotatable bonds is 24. The summed E-state index contributed by atoms with van der Waals surface area (Å²) in [5.74, 6) is -3.01. The number of methoxy groups -OCH3 is 1. The third-order valence-electron chi connectivity index (χ3n) is 8.18. The number of nitrogens with two attached hydrogens (primary N) is 4. The van der Waals surface area contributed by atoms with Crippen LogP contribution in [0.3, 0.4) is 0 Å². The van der Waals surface area contributed by atoms with Crippen LogP contribution in [0.1, 0.15) is 45.2 Å². The van der Waals surface area contributed by atoms with Crippen molar-refractivity contribution in [2.24, 2.45) is 11.5 Å². The smallest absolute Gasteiger partial charge is 0.870 e. The molecule has 4 rings (SSSR count). The summed E-state index contributed by atoms with van der Waals surface area (Å²) in [7, 11) is 1.23. The molecular formula is C40H55LiN12O17Y6. The van der Waals surface area contributed by atoms with Gasteiger partial charge in [-0.05, 0) is 75.2 Å². The zero-order chi connectivity index (χ0) is 49.5. The average molecular weight is 1520 g/mol. The number of aromatic nitrogens is 4. The van der Waals surface area contributed by atoms with Crippen molar-refractivity contribution >= 4 is 58.8 Å². The van der Waals surface area contributed by atoms with Gasteiger partial charge in [-0.2, -0.15) is 19.9 Å². The Morgan fingerprint density at radius 3 is 1.33 bits per heavy atom. The van der Waals surface area contributed by atoms with Crippen molar-refractivity contribution in [1.29, 1.82) is 0 Å². The maximum absolute atomic E-state index is 12.8. The molecule has 10 N–H and O–H groups in total. The second-order valence-corrected chi connectivity index (χ2v) is 13.0. The molecule has 0 aliphatic carbocycles. The quantitative estimate of drug-likeness (QED) is 0.0156. The van der Waals surface area contributed by atoms with Crippen molar-refractivity contribution in [2.45, 2.75) is 47.2 Å². The van der Waals surface area contributed by atoms with Gasteiger partial charge in [0.2, 0.25) is 23.3 Å². The van der Waals surface area contributed by atoms with E-state index in [1.807, 2.05) is 0 Å². The number of hydrogen-bond donors (Lipinski definition) is 5. The minimum Gasteiger partial charge on any atom is -0.870 e. The second-order valence-electron chi connectivity index (χ2n) is 13.0. The normalized spacial score (nSPS) is 9.12. The first-order valence-electron chi connectivity index (χ1n) is 20.0. The Hall–Kier alpha value is -1.22. The van der Waals surface area contributed by atoms with Crippen LogP contribution >= 0.6 is 0 Å². The predicted molar refractivity (Wildman–Crippen MR) is 243 cm³/mol. The molecule has 2 amide bonds. The molecule has 0 saturated carbocycles. The number of carboxylic acids is 1. The first kappa shape index (κ1) is 88.6. The van der Waals surface area contributed by atoms with Crippen LogP contribution < -0.4 is 70.5 Å². The molecule has 0 aliphatic rings. The molecule has 76 heavy (non-hydrogen) atoms. The van der Waals surface area contributed by atoms with Crippen LogP contribution in [0, 0.1) is 20.2 Å². The fourth-order valence-corrected chi connectivity index (χ4v) is 5.26. The molecule has 0 atom stereocenters. The summed E-state index contributed by atoms with van der Waals surface area (Å²) in [6.07, 6.45) is -0.878. The van der Waals surface area contributed by atoms with Crippen LogP contribution in [0.5, 0.6) is 23.5 Å². The van der Waals surface area contributed by atoms with Crippen molar-refractivity contribution in [3.63, 3.8) is 0 Å². The van der Waals surface area contributed by atoms with Crippen LogP contribution in [0.2, 0.25) is 0 Å². The number of esters is 1. The van der Waals surface area contributed by atoms with Gasteiger partial charge in [0.05, 0.1) is 56.5 Å². The third kappa shape index (κ3) is 30.6. The van der Waals surface area contributed by atoms with Gasteiger partial charge in [-0.15, -0.1) is 0 Å². The number of benzene rings is 2. The molecule has 36 heteroatoms. The minimum atomic E-state index is -1.16. The molecule has 0 spiro atoms. The molecular weight excluding hydrogens is 1460 g/mol. The van der Waals surface area contributed by atoms with Crippen molar-refractivity contribution in [3.8, 4) is 23.5 Å². The predicted octanol–water partition coefficient (Wildman–Crippen LogP) is 0.179. The van der Waals surface area contributed by atoms with Gasteiger partial charge in [-0.1, -0.05) is 31.7 Å². The van der Waals surface area contributed by atoms with Gasteiger partial charge in [0.25, 0.3) is 0 Å². The SMILES string of the molecule is C.CCOC(=O)N(Cc1cccc(OCC(=O)O)c1)c1nc(OCCCN)nc(N)c1[N+](=O)[O-].CCOC(=O)N(Cc1cccc(OCC(=O)OC)c1)c1nc(OCCCN)nc(N)c1[N+](=O)[O-].[Li+].[OH-].[Y].[Y].[Y].[Y].[Y].[Y]. The van der Waals surface area contributed by atoms with E-state index in [9.17, 15) is 39.4 Å². The van der Waals surface area contributed by atoms with Crippen LogP contribution in [-0.4, -0.2) is 124 Å². The van der Waals surface area contributed by atoms with E-state index < -0.39 is 75.2 Å². The molecule has 29 nitrogen and oxygen atoms in total. The largest absolute Gasteiger partial charge is 1.00 e. The Morgan fingerprint density at radius 2 is 1.01 bits per heavy atom. The van der Waals surface area contributed by atoms with Crippen molar-refractivity contribution in [3.05, 3.63) is 79.9 Å². The van der Waals surface area contributed by atoms with Gasteiger partial charge in [0, 0.05) is 196 Å². The summed E-state index contributed by atoms with van der Waals surface area (Å²) in [6.45, 7) is 2.79. The number of nitro groups is 2. The molecule has 0 unspecified atom stereocenters. The van der Waals surface area contributed by atoms with Gasteiger partial charge in [0.15, 0.2) is 13.2 Å². The Balaban J connectivity index is -0.000000224. The maximum Gasteiger partial charge on any atom is 1.00 e. The van der Waals surface area contributed by atoms with E-state index >= 15 is 0 Å². The van der Waals surface area contributed by atoms with E-state index in [4.69, 9.17) is 56.5 Å². The molecule has 2 aromatic carbocycles. The molecule has 2 aromatic heterocycles. The molecule has 6 radical (unpaired) electrons. The molecule has 2 heterocycles. The summed E-state index contributed by atoms with van der Waals surface area (Å²) < 4.78 is 35.9. The number of nitrogen functional groups attached to an aromatic ring is 2. The van der Waals surface area contributed by atoms with Crippen molar-refractivity contribution in [2.75, 3.05) is 81.1 Å². The van der Waals surface area contributed by atoms with Crippen molar-refractivity contribution in [1.82, 2.24) is 19.9 Å². The molecule has 0 saturated heterocycles. The molecule has 4 aromatic rings. The Bertz CT molecular complexity index is 2380. The monoisotopic (exact) mass is 1520 g/mol. The van der Waals surface area contributed by atoms with Crippen LogP contribution in [0.25, 0.3) is 0 Å². The van der Waals surface area contributed by atoms with Gasteiger partial charge in [0.1, 0.15) is 11.5 Å². The number of carboxylic acid groups (broad SMARTS) is 1. The summed E-state index contributed by atoms with van der Waals surface area (Å²) in [4.78, 5) is 86.9. The van der Waals surface area contributed by atoms with E-state index in [0.717, 1.165) is 9.80 Å². The molecule has 0 bridgehead atoms. The van der Waals surface area contributed by atoms with E-state index in [1.165, 1.54) is 19.2 Å². The number of carbonyl (C=O) groups excluding carboxylic acids is 3. The van der Waals surface area contributed by atoms with Gasteiger partial charge in [-0.25, -0.2) is 19.2 Å². The van der Waals surface area contributed by atoms with E-state index in [0.29, 0.717) is 42.8 Å². The minimum absolute atomic E-state index is 0. The van der Waals surface area contributed by atoms with Crippen LogP contribution in [0.4, 0.5) is 44.2 Å². The first-order chi connectivity index (χ1) is 32.1. The average Bonchev–Trinajstić information content (AvgIpc) is 3.28. The number of anilines is 4. The number of ether oxygens (including phenoxy) is 7. The fourth-order valence-electron chi connectivity index (χ4n) is 5.26. The number of carbonyl (C=O) groups is 4. The molecule has 0 fully saturated rings. The van der Waals surface area contributed by atoms with E-state index in [1.54, 1.807) is 50.2 Å². The Labute approximate surface area is 600 Å². The van der Waals surface area contributed by atoms with Crippen molar-refractivity contribution < 1.29 is 288 Å². The molecule has 0 aliphatic heterocycles. The van der Waals surface area contributed by atoms with Gasteiger partial charge >= 0.3 is 66.4 Å². The van der Waals surface area contributed by atoms with Crippen LogP contribution in [-0.2, 0) is 233 Å². The van der Waals surface area contributed by atoms with E-state index in [2.05, 4.69) is 24.7 Å². The standard InChI is InChI=1S/C20H26N6O8.C19H24N6O8.CH4.Li.H2O.6Y/c1-3-32-20(28)25(11-13-6-4-7-14(10-13)34-12-15(27)31-2)18-16(26(29)30)17(22)23-19(24-18)33-9-5-8-21;1-2-31-19(28)24(10-12-5-3-6-13(9-12)33-11-14(26)27)17-15(25(29)30)16(21)22-18(23-17)32-8-4-7-20;;;;;;;;;/h4,6-7,10H,3,5,8-9,11-12,21H2,1-2H3,(H2,22,23,24);3,5-6,9H,2,4,7-8,10-11,20H2,1H3,(H,26,27)(H2,21,22,23);1H4;;1H2;;;;;;/q;;;+1;;;;;;;/p-1. The Morgan fingerprint density at radius 1 is 0.645 bits per heavy atom. The maximum atomic E-state index is 12.8. The summed E-state index contributed by atoms with van der Waals surface area (Å²) in [6, 6.07) is 12.1. The van der Waals surface area contributed by atoms with Crippen LogP contribution in [0.15, 0.2) is 48.5 Å². The summed E-state index contributed by atoms with van der Waals surface area (Å²) in [5, 5.41) is 32.2. The summed E-state index contributed by atoms with van der Waals surface area (Å²) in [5.41, 5.74) is 22.0. The number of aliphatic carboxylic acids is 1. The Kier molecular flexibility index (Phi) is 56.5. The summed E-state index contributed by atoms with van der Waals surface area (Å²) >= 11 is 0. The zero-order valence-electron chi connectivity index (χ0n) is 41.5. The number of amides is 2. The van der Waals surface area contributed by atoms with Gasteiger partial charge in [-0.3, -0.25) is 30.0 Å².